The third-order valence-corrected chi connectivity index (χ3v) is 2.99. The van der Waals surface area contributed by atoms with Gasteiger partial charge in [0.25, 0.3) is 0 Å². The predicted octanol–water partition coefficient (Wildman–Crippen LogP) is 2.30. The molecule has 2 unspecified atom stereocenters. The topological polar surface area (TPSA) is 0 Å². The Morgan fingerprint density at radius 3 is 1.14 bits per heavy atom. The molecule has 1 saturated carbocycles. The van der Waals surface area contributed by atoms with Crippen LogP contribution in [-0.4, -0.2) is 0 Å². The molecule has 1 rings (SSSR count). The Morgan fingerprint density at radius 2 is 1.14 bits per heavy atom. The molecule has 0 amide bonds. The molecule has 0 spiro atoms. The average molecular weight is 98.2 g/mol. The van der Waals surface area contributed by atoms with Crippen molar-refractivity contribution in [3.63, 3.8) is 0 Å². The van der Waals surface area contributed by atoms with Crippen molar-refractivity contribution in [3.05, 3.63) is 0 Å². The lowest BCUT2D eigenvalue weighted by molar-refractivity contribution is 0.559. The Kier molecular flexibility index (Phi) is 0.765. The van der Waals surface area contributed by atoms with E-state index in [1.165, 1.54) is 0 Å². The molecule has 1 aliphatic rings. The Balaban J connectivity index is 2.52. The van der Waals surface area contributed by atoms with E-state index < -0.39 is 0 Å². The maximum absolute atomic E-state index is 2.34. The summed E-state index contributed by atoms with van der Waals surface area (Å²) < 4.78 is 0. The summed E-state index contributed by atoms with van der Waals surface area (Å²) in [5, 5.41) is 0. The number of hydrogen-bond donors (Lipinski definition) is 0. The first-order valence-electron chi connectivity index (χ1n) is 3.07. The van der Waals surface area contributed by atoms with Crippen molar-refractivity contribution in [1.29, 1.82) is 0 Å². The van der Waals surface area contributed by atoms with Crippen molar-refractivity contribution < 1.29 is 0 Å². The van der Waals surface area contributed by atoms with Crippen LogP contribution in [0.3, 0.4) is 0 Å². The zero-order valence-electron chi connectivity index (χ0n) is 5.65. The Morgan fingerprint density at radius 1 is 1.00 bits per heavy atom. The van der Waals surface area contributed by atoms with Crippen molar-refractivity contribution >= 4 is 0 Å². The van der Waals surface area contributed by atoms with Crippen LogP contribution in [0.2, 0.25) is 0 Å². The van der Waals surface area contributed by atoms with E-state index in [1.807, 2.05) is 0 Å². The minimum absolute atomic E-state index is 0.667. The summed E-state index contributed by atoms with van der Waals surface area (Å²) in [6, 6.07) is 0. The second-order valence-electron chi connectivity index (χ2n) is 3.40. The van der Waals surface area contributed by atoms with Gasteiger partial charge in [-0.05, 0) is 17.3 Å². The van der Waals surface area contributed by atoms with Gasteiger partial charge in [-0.1, -0.05) is 27.7 Å². The molecule has 0 aromatic heterocycles. The van der Waals surface area contributed by atoms with Crippen molar-refractivity contribution in [2.24, 2.45) is 17.3 Å². The minimum Gasteiger partial charge on any atom is -0.0617 e. The second kappa shape index (κ2) is 1.04. The lowest BCUT2D eigenvalue weighted by Crippen LogP contribution is -1.85. The molecule has 0 aliphatic heterocycles. The quantitative estimate of drug-likeness (QED) is 0.436. The molecule has 1 fully saturated rings. The fraction of sp³-hybridized carbons (Fsp3) is 1.00. The van der Waals surface area contributed by atoms with E-state index in [4.69, 9.17) is 0 Å². The van der Waals surface area contributed by atoms with Crippen LogP contribution in [0.5, 0.6) is 0 Å². The van der Waals surface area contributed by atoms with Gasteiger partial charge in [0, 0.05) is 0 Å². The van der Waals surface area contributed by atoms with Gasteiger partial charge in [0.2, 0.25) is 0 Å². The lowest BCUT2D eigenvalue weighted by Gasteiger charge is -1.94. The summed E-state index contributed by atoms with van der Waals surface area (Å²) in [7, 11) is 0. The Bertz CT molecular complexity index is 72.0. The molecule has 0 N–H and O–H groups in total. The first-order chi connectivity index (χ1) is 3.07. The van der Waals surface area contributed by atoms with E-state index >= 15 is 0 Å². The van der Waals surface area contributed by atoms with E-state index in [2.05, 4.69) is 27.7 Å². The molecular weight excluding hydrogens is 84.1 g/mol. The zero-order valence-corrected chi connectivity index (χ0v) is 5.65. The van der Waals surface area contributed by atoms with Crippen LogP contribution in [0.15, 0.2) is 0 Å². The summed E-state index contributed by atoms with van der Waals surface area (Å²) in [6.45, 7) is 9.32. The number of hydrogen-bond acceptors (Lipinski definition) is 0. The third kappa shape index (κ3) is 0.490. The highest BCUT2D eigenvalue weighted by atomic mass is 14.6. The van der Waals surface area contributed by atoms with Gasteiger partial charge in [-0.25, -0.2) is 0 Å². The van der Waals surface area contributed by atoms with Crippen LogP contribution in [0.4, 0.5) is 0 Å². The van der Waals surface area contributed by atoms with Crippen LogP contribution >= 0.6 is 0 Å². The van der Waals surface area contributed by atoms with Gasteiger partial charge in [-0.2, -0.15) is 0 Å². The van der Waals surface area contributed by atoms with E-state index in [1.54, 1.807) is 0 Å². The van der Waals surface area contributed by atoms with Crippen molar-refractivity contribution in [1.82, 2.24) is 0 Å². The lowest BCUT2D eigenvalue weighted by atomic mass is 10.1. The molecule has 0 heterocycles. The van der Waals surface area contributed by atoms with Gasteiger partial charge in [0.1, 0.15) is 0 Å². The highest BCUT2D eigenvalue weighted by molar-refractivity contribution is 4.99. The molecule has 7 heavy (non-hydrogen) atoms. The molecule has 0 radical (unpaired) electrons. The highest BCUT2D eigenvalue weighted by Crippen LogP contribution is 2.57. The average Bonchev–Trinajstić information content (AvgIpc) is 1.91. The first-order valence-corrected chi connectivity index (χ1v) is 3.07. The van der Waals surface area contributed by atoms with Crippen LogP contribution in [-0.2, 0) is 0 Å². The molecular formula is C7H14. The molecule has 1 aliphatic carbocycles. The molecule has 0 heteroatoms. The highest BCUT2D eigenvalue weighted by Gasteiger charge is 2.50. The maximum atomic E-state index is 2.34. The summed E-state index contributed by atoms with van der Waals surface area (Å²) in [4.78, 5) is 0. The van der Waals surface area contributed by atoms with E-state index in [-0.39, 0.29) is 0 Å². The van der Waals surface area contributed by atoms with Crippen LogP contribution in [0.25, 0.3) is 0 Å². The van der Waals surface area contributed by atoms with Gasteiger partial charge in [-0.3, -0.25) is 0 Å². The second-order valence-corrected chi connectivity index (χ2v) is 3.40. The SMILES string of the molecule is CC1C(C)C1(C)C. The van der Waals surface area contributed by atoms with Crippen molar-refractivity contribution in [3.8, 4) is 0 Å². The zero-order chi connectivity index (χ0) is 5.65. The first kappa shape index (κ1) is 5.14. The summed E-state index contributed by atoms with van der Waals surface area (Å²) in [5.41, 5.74) is 0.667. The van der Waals surface area contributed by atoms with Crippen molar-refractivity contribution in [2.75, 3.05) is 0 Å². The van der Waals surface area contributed by atoms with Crippen LogP contribution in [0, 0.1) is 17.3 Å². The van der Waals surface area contributed by atoms with Gasteiger partial charge < -0.3 is 0 Å². The Hall–Kier alpha value is 0. The molecule has 0 aromatic rings. The summed E-state index contributed by atoms with van der Waals surface area (Å²) in [5.74, 6) is 1.93. The van der Waals surface area contributed by atoms with Gasteiger partial charge in [-0.15, -0.1) is 0 Å². The standard InChI is InChI=1S/C7H14/c1-5-6(2)7(5,3)4/h5-6H,1-4H3. The molecule has 0 saturated heterocycles. The minimum atomic E-state index is 0.667. The molecule has 2 atom stereocenters. The smallest absolute Gasteiger partial charge is 0.0297 e. The monoisotopic (exact) mass is 98.1 g/mol. The van der Waals surface area contributed by atoms with Crippen molar-refractivity contribution in [2.45, 2.75) is 27.7 Å². The maximum Gasteiger partial charge on any atom is -0.0297 e. The van der Waals surface area contributed by atoms with E-state index in [0.29, 0.717) is 5.41 Å². The van der Waals surface area contributed by atoms with E-state index in [9.17, 15) is 0 Å². The normalized spacial score (nSPS) is 46.3. The Labute approximate surface area is 45.9 Å². The van der Waals surface area contributed by atoms with Crippen LogP contribution < -0.4 is 0 Å². The van der Waals surface area contributed by atoms with Gasteiger partial charge in [0.15, 0.2) is 0 Å². The summed E-state index contributed by atoms with van der Waals surface area (Å²) >= 11 is 0. The predicted molar refractivity (Wildman–Crippen MR) is 32.1 cm³/mol. The number of rotatable bonds is 0. The molecule has 0 aromatic carbocycles. The fourth-order valence-corrected chi connectivity index (χ4v) is 1.19. The largest absolute Gasteiger partial charge is 0.0617 e. The third-order valence-electron chi connectivity index (χ3n) is 2.99. The molecule has 0 bridgehead atoms. The van der Waals surface area contributed by atoms with Gasteiger partial charge in [0.05, 0.1) is 0 Å². The summed E-state index contributed by atoms with van der Waals surface area (Å²) in [6.07, 6.45) is 0. The fourth-order valence-electron chi connectivity index (χ4n) is 1.19. The van der Waals surface area contributed by atoms with Crippen LogP contribution in [0.1, 0.15) is 27.7 Å². The van der Waals surface area contributed by atoms with Gasteiger partial charge >= 0.3 is 0 Å². The molecule has 0 nitrogen and oxygen atoms in total. The molecule has 42 valence electrons. The van der Waals surface area contributed by atoms with E-state index in [0.717, 1.165) is 11.8 Å².